The number of rotatable bonds is 4. The molecule has 5 nitrogen and oxygen atoms in total. The zero-order valence-electron chi connectivity index (χ0n) is 9.51. The summed E-state index contributed by atoms with van der Waals surface area (Å²) in [6.45, 7) is 1.93. The van der Waals surface area contributed by atoms with E-state index in [2.05, 4.69) is 21.1 Å². The predicted octanol–water partition coefficient (Wildman–Crippen LogP) is 3.02. The summed E-state index contributed by atoms with van der Waals surface area (Å²) in [7, 11) is 0. The van der Waals surface area contributed by atoms with Gasteiger partial charge in [-0.05, 0) is 35.0 Å². The van der Waals surface area contributed by atoms with Gasteiger partial charge in [0.2, 0.25) is 0 Å². The first kappa shape index (κ1) is 12.6. The zero-order chi connectivity index (χ0) is 13.1. The van der Waals surface area contributed by atoms with E-state index in [0.29, 0.717) is 10.2 Å². The van der Waals surface area contributed by atoms with Gasteiger partial charge in [-0.1, -0.05) is 11.2 Å². The number of carbonyl (C=O) groups is 1. The molecule has 6 heteroatoms. The molecule has 0 saturated carbocycles. The Labute approximate surface area is 111 Å². The summed E-state index contributed by atoms with van der Waals surface area (Å²) in [6.07, 6.45) is 0. The Bertz CT molecular complexity index is 579. The van der Waals surface area contributed by atoms with Crippen LogP contribution in [0.4, 0.5) is 0 Å². The molecule has 94 valence electrons. The fourth-order valence-corrected chi connectivity index (χ4v) is 1.93. The summed E-state index contributed by atoms with van der Waals surface area (Å²) < 4.78 is 11.0. The lowest BCUT2D eigenvalue weighted by Crippen LogP contribution is -2.03. The highest BCUT2D eigenvalue weighted by Gasteiger charge is 2.15. The maximum Gasteiger partial charge on any atom is 0.339 e. The molecule has 0 aliphatic heterocycles. The summed E-state index contributed by atoms with van der Waals surface area (Å²) in [4.78, 5) is 11.1. The summed E-state index contributed by atoms with van der Waals surface area (Å²) in [5.41, 5.74) is 0.847. The van der Waals surface area contributed by atoms with Crippen molar-refractivity contribution in [2.24, 2.45) is 0 Å². The number of aryl methyl sites for hydroxylation is 1. The monoisotopic (exact) mass is 311 g/mol. The first-order valence-electron chi connectivity index (χ1n) is 5.14. The molecule has 0 aliphatic rings. The first-order valence-corrected chi connectivity index (χ1v) is 5.94. The van der Waals surface area contributed by atoms with E-state index in [0.717, 1.165) is 5.69 Å². The number of aromatic nitrogens is 1. The molecule has 0 amide bonds. The Morgan fingerprint density at radius 1 is 1.56 bits per heavy atom. The number of carboxylic acids is 1. The minimum atomic E-state index is -1.04. The highest BCUT2D eigenvalue weighted by atomic mass is 79.9. The van der Waals surface area contributed by atoms with E-state index in [-0.39, 0.29) is 17.9 Å². The number of aromatic carboxylic acids is 1. The van der Waals surface area contributed by atoms with Crippen molar-refractivity contribution < 1.29 is 19.2 Å². The topological polar surface area (TPSA) is 72.6 Å². The van der Waals surface area contributed by atoms with Crippen molar-refractivity contribution in [2.75, 3.05) is 0 Å². The molecule has 0 radical (unpaired) electrons. The fraction of sp³-hybridized carbons (Fsp3) is 0.167. The minimum Gasteiger partial charge on any atom is -0.483 e. The van der Waals surface area contributed by atoms with E-state index in [1.807, 2.05) is 0 Å². The van der Waals surface area contributed by atoms with Gasteiger partial charge in [0.05, 0.1) is 10.2 Å². The Balaban J connectivity index is 2.20. The molecule has 1 aromatic heterocycles. The third-order valence-corrected chi connectivity index (χ3v) is 2.86. The molecule has 0 unspecified atom stereocenters. The van der Waals surface area contributed by atoms with Gasteiger partial charge in [0.25, 0.3) is 0 Å². The van der Waals surface area contributed by atoms with Gasteiger partial charge in [0.15, 0.2) is 5.76 Å². The van der Waals surface area contributed by atoms with E-state index >= 15 is 0 Å². The molecule has 0 fully saturated rings. The van der Waals surface area contributed by atoms with Crippen molar-refractivity contribution in [3.63, 3.8) is 0 Å². The number of hydrogen-bond donors (Lipinski definition) is 1. The van der Waals surface area contributed by atoms with Crippen LogP contribution in [-0.2, 0) is 6.61 Å². The normalized spacial score (nSPS) is 10.3. The van der Waals surface area contributed by atoms with E-state index in [4.69, 9.17) is 14.4 Å². The summed E-state index contributed by atoms with van der Waals surface area (Å²) >= 11 is 3.26. The molecule has 18 heavy (non-hydrogen) atoms. The Morgan fingerprint density at radius 3 is 2.94 bits per heavy atom. The number of ether oxygens (including phenoxy) is 1. The summed E-state index contributed by atoms with van der Waals surface area (Å²) in [5, 5.41) is 12.8. The Kier molecular flexibility index (Phi) is 3.66. The highest BCUT2D eigenvalue weighted by molar-refractivity contribution is 9.10. The fourth-order valence-electron chi connectivity index (χ4n) is 1.45. The second-order valence-electron chi connectivity index (χ2n) is 3.64. The van der Waals surface area contributed by atoms with Crippen LogP contribution in [0, 0.1) is 6.92 Å². The van der Waals surface area contributed by atoms with Crippen LogP contribution in [0.1, 0.15) is 21.8 Å². The van der Waals surface area contributed by atoms with Crippen LogP contribution in [0.2, 0.25) is 0 Å². The molecule has 1 heterocycles. The van der Waals surface area contributed by atoms with Crippen LogP contribution in [-0.4, -0.2) is 16.2 Å². The van der Waals surface area contributed by atoms with Crippen LogP contribution >= 0.6 is 15.9 Å². The van der Waals surface area contributed by atoms with Gasteiger partial charge < -0.3 is 14.4 Å². The van der Waals surface area contributed by atoms with E-state index in [1.54, 1.807) is 25.1 Å². The molecule has 0 atom stereocenters. The van der Waals surface area contributed by atoms with Crippen molar-refractivity contribution in [1.29, 1.82) is 0 Å². The molecule has 2 rings (SSSR count). The number of carboxylic acid groups (broad SMARTS) is 1. The zero-order valence-corrected chi connectivity index (χ0v) is 11.1. The molecular formula is C12H10BrNO4. The Hall–Kier alpha value is -1.82. The van der Waals surface area contributed by atoms with Gasteiger partial charge in [-0.3, -0.25) is 0 Å². The van der Waals surface area contributed by atoms with Gasteiger partial charge >= 0.3 is 5.97 Å². The lowest BCUT2D eigenvalue weighted by Gasteiger charge is -2.09. The molecular weight excluding hydrogens is 302 g/mol. The number of para-hydroxylation sites is 1. The van der Waals surface area contributed by atoms with Crippen molar-refractivity contribution >= 4 is 21.9 Å². The first-order chi connectivity index (χ1) is 8.58. The van der Waals surface area contributed by atoms with E-state index in [9.17, 15) is 4.79 Å². The van der Waals surface area contributed by atoms with Crippen LogP contribution < -0.4 is 4.74 Å². The van der Waals surface area contributed by atoms with Crippen molar-refractivity contribution in [3.05, 3.63) is 45.8 Å². The van der Waals surface area contributed by atoms with Gasteiger partial charge in [0, 0.05) is 6.07 Å². The quantitative estimate of drug-likeness (QED) is 0.939. The highest BCUT2D eigenvalue weighted by Crippen LogP contribution is 2.29. The molecule has 0 bridgehead atoms. The lowest BCUT2D eigenvalue weighted by molar-refractivity contribution is 0.0691. The van der Waals surface area contributed by atoms with Gasteiger partial charge in [-0.15, -0.1) is 0 Å². The largest absolute Gasteiger partial charge is 0.483 e. The Morgan fingerprint density at radius 2 is 2.33 bits per heavy atom. The van der Waals surface area contributed by atoms with Crippen molar-refractivity contribution in [1.82, 2.24) is 5.16 Å². The summed E-state index contributed by atoms with van der Waals surface area (Å²) in [5.74, 6) is -0.223. The van der Waals surface area contributed by atoms with Crippen LogP contribution in [0.5, 0.6) is 5.75 Å². The van der Waals surface area contributed by atoms with Gasteiger partial charge in [-0.2, -0.15) is 0 Å². The van der Waals surface area contributed by atoms with E-state index < -0.39 is 5.97 Å². The number of halogens is 1. The standard InChI is InChI=1S/C12H10BrNO4/c1-7-5-8(18-14-7)6-17-11-9(12(15)16)3-2-4-10(11)13/h2-5H,6H2,1H3,(H,15,16). The molecule has 0 saturated heterocycles. The second kappa shape index (κ2) is 5.22. The third kappa shape index (κ3) is 2.70. The van der Waals surface area contributed by atoms with E-state index in [1.165, 1.54) is 6.07 Å². The SMILES string of the molecule is Cc1cc(COc2c(Br)cccc2C(=O)O)on1. The van der Waals surface area contributed by atoms with Crippen molar-refractivity contribution in [3.8, 4) is 5.75 Å². The molecule has 2 aromatic rings. The van der Waals surface area contributed by atoms with Gasteiger partial charge in [0.1, 0.15) is 17.9 Å². The number of benzene rings is 1. The third-order valence-electron chi connectivity index (χ3n) is 2.23. The molecule has 1 N–H and O–H groups in total. The average molecular weight is 312 g/mol. The maximum atomic E-state index is 11.1. The van der Waals surface area contributed by atoms with Crippen LogP contribution in [0.3, 0.4) is 0 Å². The molecule has 0 aliphatic carbocycles. The lowest BCUT2D eigenvalue weighted by atomic mass is 10.2. The molecule has 0 spiro atoms. The maximum absolute atomic E-state index is 11.1. The van der Waals surface area contributed by atoms with Crippen molar-refractivity contribution in [2.45, 2.75) is 13.5 Å². The van der Waals surface area contributed by atoms with Gasteiger partial charge in [-0.25, -0.2) is 4.79 Å². The average Bonchev–Trinajstić information content (AvgIpc) is 2.73. The van der Waals surface area contributed by atoms with Crippen LogP contribution in [0.25, 0.3) is 0 Å². The summed E-state index contributed by atoms with van der Waals surface area (Å²) in [6, 6.07) is 6.57. The smallest absolute Gasteiger partial charge is 0.339 e. The second-order valence-corrected chi connectivity index (χ2v) is 4.50. The minimum absolute atomic E-state index is 0.0978. The number of hydrogen-bond acceptors (Lipinski definition) is 4. The predicted molar refractivity (Wildman–Crippen MR) is 66.7 cm³/mol. The number of nitrogens with zero attached hydrogens (tertiary/aromatic N) is 1. The molecule has 1 aromatic carbocycles. The van der Waals surface area contributed by atoms with Crippen LogP contribution in [0.15, 0.2) is 33.3 Å².